The SMILES string of the molecule is NCc1ccc(Oc2ccc(Br)c(F)c2)cc1Cl. The minimum Gasteiger partial charge on any atom is -0.457 e. The zero-order chi connectivity index (χ0) is 13.1. The van der Waals surface area contributed by atoms with Crippen LogP contribution < -0.4 is 10.5 Å². The summed E-state index contributed by atoms with van der Waals surface area (Å²) in [6.07, 6.45) is 0. The van der Waals surface area contributed by atoms with Crippen molar-refractivity contribution in [2.45, 2.75) is 6.54 Å². The Morgan fingerprint density at radius 3 is 2.44 bits per heavy atom. The highest BCUT2D eigenvalue weighted by Crippen LogP contribution is 2.28. The largest absolute Gasteiger partial charge is 0.457 e. The molecule has 2 aromatic carbocycles. The van der Waals surface area contributed by atoms with Crippen LogP contribution in [0.15, 0.2) is 40.9 Å². The number of nitrogens with two attached hydrogens (primary N) is 1. The van der Waals surface area contributed by atoms with Crippen molar-refractivity contribution in [3.05, 3.63) is 57.3 Å². The van der Waals surface area contributed by atoms with Gasteiger partial charge in [0.05, 0.1) is 4.47 Å². The standard InChI is InChI=1S/C13H10BrClFNO/c14-11-4-3-10(6-13(11)16)18-9-2-1-8(7-17)12(15)5-9/h1-6H,7,17H2. The van der Waals surface area contributed by atoms with E-state index in [2.05, 4.69) is 15.9 Å². The number of rotatable bonds is 3. The Hall–Kier alpha value is -1.10. The van der Waals surface area contributed by atoms with Crippen LogP contribution >= 0.6 is 27.5 Å². The number of benzene rings is 2. The zero-order valence-electron chi connectivity index (χ0n) is 9.29. The first-order valence-corrected chi connectivity index (χ1v) is 6.38. The lowest BCUT2D eigenvalue weighted by Gasteiger charge is -2.08. The second kappa shape index (κ2) is 5.69. The van der Waals surface area contributed by atoms with Gasteiger partial charge >= 0.3 is 0 Å². The fourth-order valence-corrected chi connectivity index (χ4v) is 1.93. The van der Waals surface area contributed by atoms with E-state index in [1.165, 1.54) is 6.07 Å². The Labute approximate surface area is 118 Å². The molecule has 0 saturated heterocycles. The maximum absolute atomic E-state index is 13.3. The Balaban J connectivity index is 2.23. The van der Waals surface area contributed by atoms with Crippen molar-refractivity contribution >= 4 is 27.5 Å². The number of hydrogen-bond donors (Lipinski definition) is 1. The molecule has 0 heterocycles. The smallest absolute Gasteiger partial charge is 0.141 e. The van der Waals surface area contributed by atoms with Gasteiger partial charge in [0.15, 0.2) is 0 Å². The summed E-state index contributed by atoms with van der Waals surface area (Å²) >= 11 is 9.09. The van der Waals surface area contributed by atoms with Gasteiger partial charge < -0.3 is 10.5 Å². The summed E-state index contributed by atoms with van der Waals surface area (Å²) in [5.74, 6) is 0.573. The molecule has 0 unspecified atom stereocenters. The van der Waals surface area contributed by atoms with Crippen LogP contribution in [0.1, 0.15) is 5.56 Å². The molecule has 0 aliphatic carbocycles. The molecule has 0 aliphatic heterocycles. The Morgan fingerprint density at radius 2 is 1.83 bits per heavy atom. The third-order valence-electron chi connectivity index (χ3n) is 2.37. The van der Waals surface area contributed by atoms with Gasteiger partial charge in [0.25, 0.3) is 0 Å². The second-order valence-corrected chi connectivity index (χ2v) is 4.90. The van der Waals surface area contributed by atoms with E-state index in [9.17, 15) is 4.39 Å². The van der Waals surface area contributed by atoms with Crippen LogP contribution in [0.5, 0.6) is 11.5 Å². The van der Waals surface area contributed by atoms with E-state index in [4.69, 9.17) is 22.1 Å². The van der Waals surface area contributed by atoms with E-state index in [1.54, 1.807) is 30.3 Å². The maximum Gasteiger partial charge on any atom is 0.141 e. The van der Waals surface area contributed by atoms with Crippen LogP contribution in [0.4, 0.5) is 4.39 Å². The van der Waals surface area contributed by atoms with Crippen molar-refractivity contribution < 1.29 is 9.13 Å². The van der Waals surface area contributed by atoms with Gasteiger partial charge in [-0.25, -0.2) is 4.39 Å². The van der Waals surface area contributed by atoms with Crippen molar-refractivity contribution in [2.75, 3.05) is 0 Å². The molecule has 0 bridgehead atoms. The maximum atomic E-state index is 13.3. The summed E-state index contributed by atoms with van der Waals surface area (Å²) in [6, 6.07) is 9.73. The van der Waals surface area contributed by atoms with Gasteiger partial charge in [-0.2, -0.15) is 0 Å². The first kappa shape index (κ1) is 13.3. The third-order valence-corrected chi connectivity index (χ3v) is 3.37. The fourth-order valence-electron chi connectivity index (χ4n) is 1.43. The lowest BCUT2D eigenvalue weighted by molar-refractivity contribution is 0.476. The minimum atomic E-state index is -0.378. The van der Waals surface area contributed by atoms with E-state index >= 15 is 0 Å². The molecule has 0 saturated carbocycles. The number of hydrogen-bond acceptors (Lipinski definition) is 2. The molecular weight excluding hydrogens is 321 g/mol. The predicted octanol–water partition coefficient (Wildman–Crippen LogP) is 4.49. The van der Waals surface area contributed by atoms with Gasteiger partial charge in [-0.1, -0.05) is 17.7 Å². The summed E-state index contributed by atoms with van der Waals surface area (Å²) in [4.78, 5) is 0. The summed E-state index contributed by atoms with van der Waals surface area (Å²) in [5.41, 5.74) is 6.35. The molecular formula is C13H10BrClFNO. The van der Waals surface area contributed by atoms with E-state index < -0.39 is 0 Å². The van der Waals surface area contributed by atoms with E-state index in [-0.39, 0.29) is 5.82 Å². The molecule has 2 nitrogen and oxygen atoms in total. The molecule has 0 fully saturated rings. The van der Waals surface area contributed by atoms with E-state index in [0.29, 0.717) is 27.5 Å². The van der Waals surface area contributed by atoms with Gasteiger partial charge in [-0.3, -0.25) is 0 Å². The Kier molecular flexibility index (Phi) is 4.22. The highest BCUT2D eigenvalue weighted by atomic mass is 79.9. The summed E-state index contributed by atoms with van der Waals surface area (Å²) in [7, 11) is 0. The normalized spacial score (nSPS) is 10.4. The minimum absolute atomic E-state index is 0.367. The van der Waals surface area contributed by atoms with Gasteiger partial charge in [0.1, 0.15) is 17.3 Å². The van der Waals surface area contributed by atoms with Crippen molar-refractivity contribution in [3.8, 4) is 11.5 Å². The van der Waals surface area contributed by atoms with Crippen LogP contribution in [-0.4, -0.2) is 0 Å². The quantitative estimate of drug-likeness (QED) is 0.899. The van der Waals surface area contributed by atoms with Gasteiger partial charge in [-0.15, -0.1) is 0 Å². The Bertz CT molecular complexity index is 577. The lowest BCUT2D eigenvalue weighted by atomic mass is 10.2. The van der Waals surface area contributed by atoms with Crippen LogP contribution in [0.25, 0.3) is 0 Å². The Morgan fingerprint density at radius 1 is 1.17 bits per heavy atom. The lowest BCUT2D eigenvalue weighted by Crippen LogP contribution is -1.97. The molecule has 2 aromatic rings. The predicted molar refractivity (Wildman–Crippen MR) is 73.5 cm³/mol. The number of halogens is 3. The molecule has 5 heteroatoms. The van der Waals surface area contributed by atoms with Crippen molar-refractivity contribution in [1.82, 2.24) is 0 Å². The average Bonchev–Trinajstić information content (AvgIpc) is 2.34. The molecule has 0 aliphatic rings. The topological polar surface area (TPSA) is 35.2 Å². The molecule has 0 spiro atoms. The van der Waals surface area contributed by atoms with E-state index in [0.717, 1.165) is 5.56 Å². The molecule has 0 atom stereocenters. The number of ether oxygens (including phenoxy) is 1. The first-order valence-electron chi connectivity index (χ1n) is 5.21. The van der Waals surface area contributed by atoms with Gasteiger partial charge in [0, 0.05) is 17.6 Å². The molecule has 2 N–H and O–H groups in total. The first-order chi connectivity index (χ1) is 8.60. The van der Waals surface area contributed by atoms with Crippen LogP contribution in [0.2, 0.25) is 5.02 Å². The van der Waals surface area contributed by atoms with Crippen molar-refractivity contribution in [3.63, 3.8) is 0 Å². The molecule has 2 rings (SSSR count). The fraction of sp³-hybridized carbons (Fsp3) is 0.0769. The molecule has 0 aromatic heterocycles. The second-order valence-electron chi connectivity index (χ2n) is 3.64. The van der Waals surface area contributed by atoms with Gasteiger partial charge in [0.2, 0.25) is 0 Å². The average molecular weight is 331 g/mol. The van der Waals surface area contributed by atoms with Crippen molar-refractivity contribution in [1.29, 1.82) is 0 Å². The van der Waals surface area contributed by atoms with Crippen LogP contribution in [-0.2, 0) is 6.54 Å². The van der Waals surface area contributed by atoms with Crippen LogP contribution in [0.3, 0.4) is 0 Å². The monoisotopic (exact) mass is 329 g/mol. The molecule has 0 radical (unpaired) electrons. The highest BCUT2D eigenvalue weighted by molar-refractivity contribution is 9.10. The van der Waals surface area contributed by atoms with Crippen LogP contribution in [0, 0.1) is 5.82 Å². The van der Waals surface area contributed by atoms with E-state index in [1.807, 2.05) is 0 Å². The molecule has 18 heavy (non-hydrogen) atoms. The van der Waals surface area contributed by atoms with Crippen molar-refractivity contribution in [2.24, 2.45) is 5.73 Å². The summed E-state index contributed by atoms with van der Waals surface area (Å²) < 4.78 is 19.2. The summed E-state index contributed by atoms with van der Waals surface area (Å²) in [5, 5.41) is 0.535. The molecule has 94 valence electrons. The molecule has 0 amide bonds. The summed E-state index contributed by atoms with van der Waals surface area (Å²) in [6.45, 7) is 0.367. The highest BCUT2D eigenvalue weighted by Gasteiger charge is 2.05. The third kappa shape index (κ3) is 3.02. The zero-order valence-corrected chi connectivity index (χ0v) is 11.6. The van der Waals surface area contributed by atoms with Gasteiger partial charge in [-0.05, 0) is 45.8 Å².